The van der Waals surface area contributed by atoms with Gasteiger partial charge in [0.1, 0.15) is 18.1 Å². The van der Waals surface area contributed by atoms with Gasteiger partial charge in [-0.2, -0.15) is 0 Å². The highest BCUT2D eigenvalue weighted by Gasteiger charge is 2.22. The van der Waals surface area contributed by atoms with Gasteiger partial charge >= 0.3 is 0 Å². The maximum Gasteiger partial charge on any atom is 0.192 e. The Morgan fingerprint density at radius 1 is 1.13 bits per heavy atom. The number of nitrogens with zero attached hydrogens (tertiary/aromatic N) is 4. The van der Waals surface area contributed by atoms with Crippen LogP contribution in [0, 0.1) is 6.92 Å². The summed E-state index contributed by atoms with van der Waals surface area (Å²) in [6.07, 6.45) is 9.99. The molecule has 2 N–H and O–H groups in total. The number of nitrogens with one attached hydrogen (secondary N) is 2. The predicted molar refractivity (Wildman–Crippen MR) is 125 cm³/mol. The number of fused-ring (bicyclic) bond motifs is 1. The molecule has 170 valence electrons. The number of guanidine groups is 1. The summed E-state index contributed by atoms with van der Waals surface area (Å²) in [7, 11) is 1.98. The van der Waals surface area contributed by atoms with Crippen molar-refractivity contribution in [2.45, 2.75) is 77.8 Å². The van der Waals surface area contributed by atoms with Crippen molar-refractivity contribution >= 4 is 5.96 Å². The van der Waals surface area contributed by atoms with Crippen LogP contribution in [0.1, 0.15) is 81.5 Å². The Kier molecular flexibility index (Phi) is 9.18. The summed E-state index contributed by atoms with van der Waals surface area (Å²) in [5.74, 6) is 3.55. The maximum atomic E-state index is 5.81. The first-order valence-electron chi connectivity index (χ1n) is 11.8. The number of hydrogen-bond acceptors (Lipinski definition) is 4. The van der Waals surface area contributed by atoms with E-state index >= 15 is 0 Å². The van der Waals surface area contributed by atoms with Gasteiger partial charge in [-0.15, -0.1) is 10.2 Å². The molecule has 0 bridgehead atoms. The number of unbranched alkanes of at least 4 members (excludes halogenated alkanes) is 6. The third kappa shape index (κ3) is 6.97. The van der Waals surface area contributed by atoms with Crippen molar-refractivity contribution in [2.24, 2.45) is 12.0 Å². The summed E-state index contributed by atoms with van der Waals surface area (Å²) in [4.78, 5) is 4.82. The molecule has 1 aliphatic heterocycles. The first kappa shape index (κ1) is 23.1. The lowest BCUT2D eigenvalue weighted by Gasteiger charge is -2.28. The van der Waals surface area contributed by atoms with Crippen LogP contribution in [0.2, 0.25) is 0 Å². The van der Waals surface area contributed by atoms with Crippen LogP contribution in [0.15, 0.2) is 29.3 Å². The van der Waals surface area contributed by atoms with Crippen molar-refractivity contribution < 1.29 is 4.74 Å². The lowest BCUT2D eigenvalue weighted by molar-refractivity contribution is 0.261. The van der Waals surface area contributed by atoms with E-state index in [0.29, 0.717) is 13.2 Å². The van der Waals surface area contributed by atoms with Crippen LogP contribution in [0.4, 0.5) is 0 Å². The molecule has 31 heavy (non-hydrogen) atoms. The van der Waals surface area contributed by atoms with Crippen LogP contribution in [0.3, 0.4) is 0 Å². The molecule has 7 nitrogen and oxygen atoms in total. The molecule has 2 aromatic rings. The number of aromatic nitrogens is 3. The van der Waals surface area contributed by atoms with Crippen LogP contribution in [-0.2, 0) is 13.6 Å². The summed E-state index contributed by atoms with van der Waals surface area (Å²) >= 11 is 0. The van der Waals surface area contributed by atoms with E-state index in [2.05, 4.69) is 39.9 Å². The van der Waals surface area contributed by atoms with Gasteiger partial charge in [0.05, 0.1) is 12.6 Å². The van der Waals surface area contributed by atoms with Gasteiger partial charge in [0.2, 0.25) is 0 Å². The minimum absolute atomic E-state index is 0.187. The van der Waals surface area contributed by atoms with E-state index in [4.69, 9.17) is 9.73 Å². The Bertz CT molecular complexity index is 831. The minimum atomic E-state index is 0.187. The molecule has 1 aliphatic rings. The molecule has 0 spiro atoms. The second kappa shape index (κ2) is 12.3. The largest absolute Gasteiger partial charge is 0.493 e. The average molecular weight is 427 g/mol. The third-order valence-electron chi connectivity index (χ3n) is 5.90. The van der Waals surface area contributed by atoms with Gasteiger partial charge in [-0.1, -0.05) is 63.6 Å². The molecule has 1 unspecified atom stereocenters. The van der Waals surface area contributed by atoms with Crippen LogP contribution in [-0.4, -0.2) is 33.9 Å². The fraction of sp³-hybridized carbons (Fsp3) is 0.625. The molecule has 0 saturated carbocycles. The number of aryl methyl sites for hydroxylation is 1. The van der Waals surface area contributed by atoms with Gasteiger partial charge in [0.15, 0.2) is 11.8 Å². The van der Waals surface area contributed by atoms with Crippen molar-refractivity contribution in [3.8, 4) is 5.75 Å². The molecule has 0 radical (unpaired) electrons. The molecule has 3 rings (SSSR count). The second-order valence-corrected chi connectivity index (χ2v) is 8.31. The molecule has 1 atom stereocenters. The van der Waals surface area contributed by atoms with E-state index in [-0.39, 0.29) is 6.04 Å². The Hall–Kier alpha value is -2.57. The highest BCUT2D eigenvalue weighted by Crippen LogP contribution is 2.31. The highest BCUT2D eigenvalue weighted by atomic mass is 16.5. The van der Waals surface area contributed by atoms with Crippen LogP contribution >= 0.6 is 0 Å². The Balaban J connectivity index is 1.58. The van der Waals surface area contributed by atoms with Crippen LogP contribution in [0.5, 0.6) is 5.75 Å². The van der Waals surface area contributed by atoms with Gasteiger partial charge in [-0.3, -0.25) is 0 Å². The Labute approximate surface area is 186 Å². The quantitative estimate of drug-likeness (QED) is 0.316. The molecule has 0 amide bonds. The Morgan fingerprint density at radius 2 is 1.90 bits per heavy atom. The van der Waals surface area contributed by atoms with Crippen molar-refractivity contribution in [1.29, 1.82) is 0 Å². The molecule has 2 heterocycles. The summed E-state index contributed by atoms with van der Waals surface area (Å²) in [5.41, 5.74) is 1.19. The minimum Gasteiger partial charge on any atom is -0.493 e. The fourth-order valence-corrected chi connectivity index (χ4v) is 3.84. The number of benzene rings is 1. The van der Waals surface area contributed by atoms with E-state index in [1.165, 1.54) is 44.1 Å². The van der Waals surface area contributed by atoms with Crippen molar-refractivity contribution in [2.75, 3.05) is 13.2 Å². The third-order valence-corrected chi connectivity index (χ3v) is 5.90. The molecular weight excluding hydrogens is 388 g/mol. The van der Waals surface area contributed by atoms with E-state index in [1.54, 1.807) is 0 Å². The number of aliphatic imine (C=N–C) groups is 1. The first-order valence-corrected chi connectivity index (χ1v) is 11.8. The zero-order valence-electron chi connectivity index (χ0n) is 19.4. The van der Waals surface area contributed by atoms with Crippen LogP contribution in [0.25, 0.3) is 0 Å². The highest BCUT2D eigenvalue weighted by molar-refractivity contribution is 5.80. The SMILES string of the molecule is CCCCCCCCCNC(=NCc1nnc(C)n1C)NC1CCOc2ccccc21. The van der Waals surface area contributed by atoms with Crippen molar-refractivity contribution in [1.82, 2.24) is 25.4 Å². The van der Waals surface area contributed by atoms with Gasteiger partial charge in [-0.05, 0) is 19.4 Å². The lowest BCUT2D eigenvalue weighted by atomic mass is 10.0. The molecule has 1 aromatic carbocycles. The predicted octanol–water partition coefficient (Wildman–Crippen LogP) is 4.43. The molecule has 0 fully saturated rings. The van der Waals surface area contributed by atoms with Crippen molar-refractivity contribution in [3.05, 3.63) is 41.5 Å². The normalized spacial score (nSPS) is 16.0. The van der Waals surface area contributed by atoms with E-state index < -0.39 is 0 Å². The first-order chi connectivity index (χ1) is 15.2. The fourth-order valence-electron chi connectivity index (χ4n) is 3.84. The van der Waals surface area contributed by atoms with Crippen molar-refractivity contribution in [3.63, 3.8) is 0 Å². The maximum absolute atomic E-state index is 5.81. The average Bonchev–Trinajstić information content (AvgIpc) is 3.11. The number of rotatable bonds is 11. The summed E-state index contributed by atoms with van der Waals surface area (Å²) in [5, 5.41) is 15.6. The second-order valence-electron chi connectivity index (χ2n) is 8.31. The van der Waals surface area contributed by atoms with Gasteiger partial charge < -0.3 is 19.9 Å². The number of para-hydroxylation sites is 1. The summed E-state index contributed by atoms with van der Waals surface area (Å²) in [6, 6.07) is 8.44. The Morgan fingerprint density at radius 3 is 2.68 bits per heavy atom. The zero-order valence-corrected chi connectivity index (χ0v) is 19.4. The smallest absolute Gasteiger partial charge is 0.192 e. The summed E-state index contributed by atoms with van der Waals surface area (Å²) < 4.78 is 7.80. The van der Waals surface area contributed by atoms with Gasteiger partial charge in [-0.25, -0.2) is 4.99 Å². The zero-order chi connectivity index (χ0) is 21.9. The van der Waals surface area contributed by atoms with E-state index in [0.717, 1.165) is 42.7 Å². The molecule has 0 saturated heterocycles. The molecule has 1 aromatic heterocycles. The monoisotopic (exact) mass is 426 g/mol. The van der Waals surface area contributed by atoms with Gasteiger partial charge in [0.25, 0.3) is 0 Å². The lowest BCUT2D eigenvalue weighted by Crippen LogP contribution is -2.41. The summed E-state index contributed by atoms with van der Waals surface area (Å²) in [6.45, 7) is 6.34. The molecular formula is C24H38N6O. The standard InChI is InChI=1S/C24H38N6O/c1-4-5-6-7-8-9-12-16-25-24(26-18-23-29-28-19(2)30(23)3)27-21-15-17-31-22-14-11-10-13-20(21)22/h10-11,13-14,21H,4-9,12,15-18H2,1-3H3,(H2,25,26,27). The molecule has 0 aliphatic carbocycles. The topological polar surface area (TPSA) is 76.4 Å². The number of ether oxygens (including phenoxy) is 1. The number of hydrogen-bond donors (Lipinski definition) is 2. The van der Waals surface area contributed by atoms with Gasteiger partial charge in [0, 0.05) is 25.6 Å². The molecule has 7 heteroatoms. The van der Waals surface area contributed by atoms with E-state index in [1.807, 2.05) is 30.7 Å². The van der Waals surface area contributed by atoms with E-state index in [9.17, 15) is 0 Å². The van der Waals surface area contributed by atoms with Crippen LogP contribution < -0.4 is 15.4 Å².